The summed E-state index contributed by atoms with van der Waals surface area (Å²) in [4.78, 5) is 18.0. The molecule has 0 radical (unpaired) electrons. The van der Waals surface area contributed by atoms with E-state index in [0.717, 1.165) is 5.56 Å². The summed E-state index contributed by atoms with van der Waals surface area (Å²) in [6.07, 6.45) is 2.86. The second-order valence-electron chi connectivity index (χ2n) is 5.36. The summed E-state index contributed by atoms with van der Waals surface area (Å²) in [6, 6.07) is 3.10. The number of hydrogen-bond acceptors (Lipinski definition) is 4. The van der Waals surface area contributed by atoms with E-state index in [1.54, 1.807) is 18.5 Å². The van der Waals surface area contributed by atoms with Gasteiger partial charge in [-0.25, -0.2) is 4.79 Å². The summed E-state index contributed by atoms with van der Waals surface area (Å²) in [6.45, 7) is 7.74. The van der Waals surface area contributed by atoms with Crippen molar-refractivity contribution in [2.45, 2.75) is 39.3 Å². The number of nitrogens with zero attached hydrogens (tertiary/aromatic N) is 2. The Bertz CT molecular complexity index is 471. The molecule has 5 nitrogen and oxygen atoms in total. The lowest BCUT2D eigenvalue weighted by Gasteiger charge is -2.32. The average Bonchev–Trinajstić information content (AvgIpc) is 2.33. The number of likely N-dealkylation sites (N-methyl/N-ethyl adjacent to an activating group) is 1. The van der Waals surface area contributed by atoms with Gasteiger partial charge in [-0.3, -0.25) is 9.88 Å². The lowest BCUT2D eigenvalue weighted by molar-refractivity contribution is 0.0223. The van der Waals surface area contributed by atoms with E-state index >= 15 is 0 Å². The maximum atomic E-state index is 12.3. The van der Waals surface area contributed by atoms with Gasteiger partial charge in [-0.1, -0.05) is 18.3 Å². The molecule has 1 heterocycles. The Hall–Kier alpha value is -1.69. The van der Waals surface area contributed by atoms with Crippen molar-refractivity contribution < 1.29 is 9.53 Å². The summed E-state index contributed by atoms with van der Waals surface area (Å²) < 4.78 is 5.39. The highest BCUT2D eigenvalue weighted by atomic mass is 32.1. The summed E-state index contributed by atoms with van der Waals surface area (Å²) in [5.74, 6) is 0. The summed E-state index contributed by atoms with van der Waals surface area (Å²) >= 11 is 5.10. The van der Waals surface area contributed by atoms with E-state index in [1.165, 1.54) is 4.90 Å². The molecule has 0 spiro atoms. The van der Waals surface area contributed by atoms with Gasteiger partial charge in [-0.05, 0) is 39.3 Å². The summed E-state index contributed by atoms with van der Waals surface area (Å²) in [7, 11) is 0. The topological polar surface area (TPSA) is 68.5 Å². The zero-order valence-electron chi connectivity index (χ0n) is 12.3. The lowest BCUT2D eigenvalue weighted by Crippen LogP contribution is -2.43. The Kier molecular flexibility index (Phi) is 5.44. The smallest absolute Gasteiger partial charge is 0.411 e. The number of amides is 1. The third kappa shape index (κ3) is 4.45. The van der Waals surface area contributed by atoms with Gasteiger partial charge in [-0.15, -0.1) is 0 Å². The van der Waals surface area contributed by atoms with Crippen molar-refractivity contribution in [1.82, 2.24) is 9.88 Å². The molecule has 2 N–H and O–H groups in total. The second kappa shape index (κ2) is 6.65. The normalized spacial score (nSPS) is 12.6. The molecule has 0 aromatic carbocycles. The first-order valence-electron chi connectivity index (χ1n) is 6.45. The molecule has 110 valence electrons. The fourth-order valence-electron chi connectivity index (χ4n) is 1.77. The molecule has 0 aliphatic carbocycles. The molecule has 0 aliphatic heterocycles. The van der Waals surface area contributed by atoms with Crippen molar-refractivity contribution in [2.75, 3.05) is 6.54 Å². The number of hydrogen-bond donors (Lipinski definition) is 1. The van der Waals surface area contributed by atoms with Gasteiger partial charge in [0.1, 0.15) is 16.6 Å². The largest absolute Gasteiger partial charge is 0.444 e. The molecule has 20 heavy (non-hydrogen) atoms. The number of carbonyl (C=O) groups is 1. The van der Waals surface area contributed by atoms with E-state index in [1.807, 2.05) is 33.8 Å². The number of nitrogens with two attached hydrogens (primary N) is 1. The van der Waals surface area contributed by atoms with Crippen molar-refractivity contribution in [3.8, 4) is 0 Å². The van der Waals surface area contributed by atoms with Crippen LogP contribution in [0.1, 0.15) is 39.3 Å². The first kappa shape index (κ1) is 16.4. The Balaban J connectivity index is 3.05. The van der Waals surface area contributed by atoms with E-state index in [-0.39, 0.29) is 4.99 Å². The second-order valence-corrected chi connectivity index (χ2v) is 5.83. The Morgan fingerprint density at radius 3 is 2.60 bits per heavy atom. The summed E-state index contributed by atoms with van der Waals surface area (Å²) in [5, 5.41) is 0. The van der Waals surface area contributed by atoms with Crippen molar-refractivity contribution in [1.29, 1.82) is 0 Å². The van der Waals surface area contributed by atoms with Gasteiger partial charge < -0.3 is 10.5 Å². The Morgan fingerprint density at radius 1 is 1.55 bits per heavy atom. The van der Waals surface area contributed by atoms with Gasteiger partial charge in [0.05, 0.1) is 0 Å². The zero-order valence-corrected chi connectivity index (χ0v) is 13.1. The average molecular weight is 295 g/mol. The molecule has 0 saturated carbocycles. The zero-order chi connectivity index (χ0) is 15.3. The van der Waals surface area contributed by atoms with Gasteiger partial charge in [-0.2, -0.15) is 0 Å². The number of rotatable bonds is 4. The van der Waals surface area contributed by atoms with Crippen LogP contribution in [-0.4, -0.2) is 33.1 Å². The third-order valence-electron chi connectivity index (χ3n) is 2.55. The van der Waals surface area contributed by atoms with Crippen LogP contribution in [0.3, 0.4) is 0 Å². The maximum Gasteiger partial charge on any atom is 0.411 e. The van der Waals surface area contributed by atoms with Gasteiger partial charge in [0.15, 0.2) is 0 Å². The highest BCUT2D eigenvalue weighted by molar-refractivity contribution is 7.80. The minimum atomic E-state index is -0.569. The first-order chi connectivity index (χ1) is 9.26. The van der Waals surface area contributed by atoms with Crippen LogP contribution < -0.4 is 5.73 Å². The number of ether oxygens (including phenoxy) is 1. The lowest BCUT2D eigenvalue weighted by atomic mass is 10.1. The standard InChI is InChI=1S/C14H21N3O2S/c1-5-17(13(18)19-14(2,3)4)11(12(15)20)10-7-6-8-16-9-10/h6-9,11H,5H2,1-4H3,(H2,15,20)/t11-/m0/s1. The molecule has 1 atom stereocenters. The predicted octanol–water partition coefficient (Wildman–Crippen LogP) is 2.67. The van der Waals surface area contributed by atoms with E-state index in [0.29, 0.717) is 6.54 Å². The SMILES string of the molecule is CCN(C(=O)OC(C)(C)C)[C@H](C(N)=S)c1cccnc1. The van der Waals surface area contributed by atoms with E-state index in [9.17, 15) is 4.79 Å². The minimum Gasteiger partial charge on any atom is -0.444 e. The fourth-order valence-corrected chi connectivity index (χ4v) is 2.04. The van der Waals surface area contributed by atoms with Crippen molar-refractivity contribution in [2.24, 2.45) is 5.73 Å². The summed E-state index contributed by atoms with van der Waals surface area (Å²) in [5.41, 5.74) is 6.00. The van der Waals surface area contributed by atoms with Crippen LogP contribution in [0, 0.1) is 0 Å². The van der Waals surface area contributed by atoms with Crippen LogP contribution in [0.15, 0.2) is 24.5 Å². The van der Waals surface area contributed by atoms with Crippen molar-refractivity contribution >= 4 is 23.3 Å². The highest BCUT2D eigenvalue weighted by Crippen LogP contribution is 2.23. The molecule has 6 heteroatoms. The van der Waals surface area contributed by atoms with Crippen LogP contribution in [0.4, 0.5) is 4.79 Å². The molecule has 0 bridgehead atoms. The first-order valence-corrected chi connectivity index (χ1v) is 6.86. The quantitative estimate of drug-likeness (QED) is 0.865. The van der Waals surface area contributed by atoms with Crippen LogP contribution in [-0.2, 0) is 4.74 Å². The van der Waals surface area contributed by atoms with Gasteiger partial charge in [0, 0.05) is 18.9 Å². The molecule has 1 aromatic rings. The molecule has 0 unspecified atom stereocenters. The molecule has 1 aromatic heterocycles. The van der Waals surface area contributed by atoms with Crippen LogP contribution >= 0.6 is 12.2 Å². The van der Waals surface area contributed by atoms with Gasteiger partial charge in [0.25, 0.3) is 0 Å². The van der Waals surface area contributed by atoms with Gasteiger partial charge in [0.2, 0.25) is 0 Å². The van der Waals surface area contributed by atoms with E-state index in [2.05, 4.69) is 4.98 Å². The van der Waals surface area contributed by atoms with Crippen LogP contribution in [0.25, 0.3) is 0 Å². The Morgan fingerprint density at radius 2 is 2.20 bits per heavy atom. The number of carbonyl (C=O) groups excluding carboxylic acids is 1. The maximum absolute atomic E-state index is 12.3. The van der Waals surface area contributed by atoms with Crippen molar-refractivity contribution in [3.63, 3.8) is 0 Å². The molecule has 0 saturated heterocycles. The molecule has 0 fully saturated rings. The minimum absolute atomic E-state index is 0.214. The molecular weight excluding hydrogens is 274 g/mol. The van der Waals surface area contributed by atoms with E-state index < -0.39 is 17.7 Å². The van der Waals surface area contributed by atoms with Crippen molar-refractivity contribution in [3.05, 3.63) is 30.1 Å². The third-order valence-corrected chi connectivity index (χ3v) is 2.77. The van der Waals surface area contributed by atoms with Crippen LogP contribution in [0.2, 0.25) is 0 Å². The van der Waals surface area contributed by atoms with Gasteiger partial charge >= 0.3 is 6.09 Å². The monoisotopic (exact) mass is 295 g/mol. The molecule has 1 rings (SSSR count). The Labute approximate surface area is 125 Å². The number of pyridine rings is 1. The molecule has 0 aliphatic rings. The highest BCUT2D eigenvalue weighted by Gasteiger charge is 2.30. The van der Waals surface area contributed by atoms with E-state index in [4.69, 9.17) is 22.7 Å². The number of thiocarbonyl (C=S) groups is 1. The molecular formula is C14H21N3O2S. The van der Waals surface area contributed by atoms with Crippen LogP contribution in [0.5, 0.6) is 0 Å². The fraction of sp³-hybridized carbons (Fsp3) is 0.500. The number of aromatic nitrogens is 1. The predicted molar refractivity (Wildman–Crippen MR) is 82.4 cm³/mol. The molecule has 1 amide bonds.